The van der Waals surface area contributed by atoms with Crippen LogP contribution in [0, 0.1) is 17.8 Å². The van der Waals surface area contributed by atoms with Crippen molar-refractivity contribution in [1.82, 2.24) is 4.90 Å². The molecule has 1 aliphatic carbocycles. The molecule has 0 amide bonds. The maximum Gasteiger partial charge on any atom is 0.248 e. The molecular formula is C20H37F2N. The number of alkyl halides is 2. The first-order valence-corrected chi connectivity index (χ1v) is 8.85. The Kier molecular flexibility index (Phi) is 9.72. The standard InChI is InChI=1S/C12H23N.C8H14F2/c1-10(2)7-8-13(6)12(5)9-11(3)4;1-6(2)3-7-4-8(9,10)5-7/h9-10H,3,7-8H2,1-2,4-6H3;6-7H,3-5H2,1-2H3/b12-9-;. The van der Waals surface area contributed by atoms with E-state index < -0.39 is 5.92 Å². The Hall–Kier alpha value is -0.860. The number of hydrogen-bond acceptors (Lipinski definition) is 1. The summed E-state index contributed by atoms with van der Waals surface area (Å²) >= 11 is 0. The third-order valence-corrected chi connectivity index (χ3v) is 4.08. The Labute approximate surface area is 142 Å². The van der Waals surface area contributed by atoms with E-state index in [0.29, 0.717) is 11.8 Å². The van der Waals surface area contributed by atoms with Crippen molar-refractivity contribution < 1.29 is 8.78 Å². The fourth-order valence-electron chi connectivity index (χ4n) is 2.71. The smallest absolute Gasteiger partial charge is 0.248 e. The molecule has 0 heterocycles. The van der Waals surface area contributed by atoms with E-state index in [4.69, 9.17) is 0 Å². The summed E-state index contributed by atoms with van der Waals surface area (Å²) in [4.78, 5) is 2.29. The Morgan fingerprint density at radius 1 is 1.17 bits per heavy atom. The Bertz CT molecular complexity index is 372. The predicted octanol–water partition coefficient (Wildman–Crippen LogP) is 6.52. The molecule has 136 valence electrons. The van der Waals surface area contributed by atoms with Gasteiger partial charge in [0.05, 0.1) is 0 Å². The van der Waals surface area contributed by atoms with Gasteiger partial charge in [-0.25, -0.2) is 8.78 Å². The van der Waals surface area contributed by atoms with E-state index >= 15 is 0 Å². The molecule has 0 spiro atoms. The second-order valence-electron chi connectivity index (χ2n) is 8.00. The van der Waals surface area contributed by atoms with Gasteiger partial charge in [0.15, 0.2) is 0 Å². The van der Waals surface area contributed by atoms with E-state index in [2.05, 4.69) is 59.2 Å². The van der Waals surface area contributed by atoms with E-state index in [1.54, 1.807) is 0 Å². The van der Waals surface area contributed by atoms with Gasteiger partial charge in [-0.15, -0.1) is 0 Å². The van der Waals surface area contributed by atoms with Crippen LogP contribution in [0.15, 0.2) is 23.9 Å². The van der Waals surface area contributed by atoms with Gasteiger partial charge in [-0.1, -0.05) is 39.8 Å². The molecule has 1 saturated carbocycles. The minimum absolute atomic E-state index is 0.130. The van der Waals surface area contributed by atoms with Crippen LogP contribution in [0.1, 0.15) is 67.2 Å². The number of rotatable bonds is 7. The lowest BCUT2D eigenvalue weighted by Gasteiger charge is -2.35. The summed E-state index contributed by atoms with van der Waals surface area (Å²) in [5.74, 6) is -0.671. The highest BCUT2D eigenvalue weighted by atomic mass is 19.3. The normalized spacial score (nSPS) is 17.6. The number of allylic oxidation sites excluding steroid dienone is 3. The summed E-state index contributed by atoms with van der Waals surface area (Å²) in [6.07, 6.45) is 4.60. The van der Waals surface area contributed by atoms with Crippen LogP contribution in [0.3, 0.4) is 0 Å². The van der Waals surface area contributed by atoms with Crippen LogP contribution in [0.4, 0.5) is 8.78 Å². The summed E-state index contributed by atoms with van der Waals surface area (Å²) in [5, 5.41) is 0. The number of nitrogens with zero attached hydrogens (tertiary/aromatic N) is 1. The molecule has 23 heavy (non-hydrogen) atoms. The van der Waals surface area contributed by atoms with E-state index in [9.17, 15) is 8.78 Å². The van der Waals surface area contributed by atoms with Crippen molar-refractivity contribution in [3.05, 3.63) is 23.9 Å². The zero-order valence-electron chi connectivity index (χ0n) is 16.3. The van der Waals surface area contributed by atoms with Gasteiger partial charge in [-0.05, 0) is 50.5 Å². The SMILES string of the molecule is C=C(C)/C=C(/C)N(C)CCC(C)C.CC(C)CC1CC(F)(F)C1. The van der Waals surface area contributed by atoms with Crippen molar-refractivity contribution in [2.45, 2.75) is 73.1 Å². The van der Waals surface area contributed by atoms with Gasteiger partial charge in [0.2, 0.25) is 5.92 Å². The zero-order chi connectivity index (χ0) is 18.2. The van der Waals surface area contributed by atoms with Gasteiger partial charge in [0.1, 0.15) is 0 Å². The van der Waals surface area contributed by atoms with Crippen molar-refractivity contribution in [2.24, 2.45) is 17.8 Å². The highest BCUT2D eigenvalue weighted by Gasteiger charge is 2.44. The monoisotopic (exact) mass is 329 g/mol. The fourth-order valence-corrected chi connectivity index (χ4v) is 2.71. The second kappa shape index (κ2) is 10.1. The maximum atomic E-state index is 12.2. The Morgan fingerprint density at radius 3 is 2.04 bits per heavy atom. The summed E-state index contributed by atoms with van der Waals surface area (Å²) in [7, 11) is 2.14. The van der Waals surface area contributed by atoms with Gasteiger partial charge in [-0.2, -0.15) is 0 Å². The van der Waals surface area contributed by atoms with Crippen molar-refractivity contribution in [3.8, 4) is 0 Å². The molecule has 0 bridgehead atoms. The van der Waals surface area contributed by atoms with E-state index in [1.807, 2.05) is 6.92 Å². The number of hydrogen-bond donors (Lipinski definition) is 0. The molecule has 1 aliphatic rings. The Balaban J connectivity index is 0.000000433. The van der Waals surface area contributed by atoms with Gasteiger partial charge in [0.25, 0.3) is 0 Å². The molecule has 0 N–H and O–H groups in total. The zero-order valence-corrected chi connectivity index (χ0v) is 16.3. The van der Waals surface area contributed by atoms with Crippen molar-refractivity contribution >= 4 is 0 Å². The van der Waals surface area contributed by atoms with Crippen molar-refractivity contribution in [3.63, 3.8) is 0 Å². The molecule has 0 aromatic rings. The fraction of sp³-hybridized carbons (Fsp3) is 0.800. The van der Waals surface area contributed by atoms with Gasteiger partial charge >= 0.3 is 0 Å². The first-order chi connectivity index (χ1) is 10.4. The van der Waals surface area contributed by atoms with Gasteiger partial charge < -0.3 is 4.90 Å². The summed E-state index contributed by atoms with van der Waals surface area (Å²) < 4.78 is 24.5. The van der Waals surface area contributed by atoms with E-state index in [1.165, 1.54) is 12.1 Å². The molecule has 1 nitrogen and oxygen atoms in total. The topological polar surface area (TPSA) is 3.24 Å². The minimum atomic E-state index is -2.32. The lowest BCUT2D eigenvalue weighted by atomic mass is 9.77. The molecule has 3 heteroatoms. The van der Waals surface area contributed by atoms with Crippen molar-refractivity contribution in [1.29, 1.82) is 0 Å². The molecule has 0 aromatic heterocycles. The quantitative estimate of drug-likeness (QED) is 0.480. The third-order valence-electron chi connectivity index (χ3n) is 4.08. The van der Waals surface area contributed by atoms with Crippen LogP contribution in [-0.2, 0) is 0 Å². The molecule has 0 unspecified atom stereocenters. The lowest BCUT2D eigenvalue weighted by molar-refractivity contribution is -0.114. The summed E-state index contributed by atoms with van der Waals surface area (Å²) in [6.45, 7) is 17.8. The molecule has 0 saturated heterocycles. The summed E-state index contributed by atoms with van der Waals surface area (Å²) in [5.41, 5.74) is 2.42. The van der Waals surface area contributed by atoms with Crippen molar-refractivity contribution in [2.75, 3.05) is 13.6 Å². The molecule has 1 fully saturated rings. The second-order valence-corrected chi connectivity index (χ2v) is 8.00. The van der Waals surface area contributed by atoms with Crippen LogP contribution in [0.5, 0.6) is 0 Å². The molecule has 0 radical (unpaired) electrons. The van der Waals surface area contributed by atoms with E-state index in [-0.39, 0.29) is 12.8 Å². The predicted molar refractivity (Wildman–Crippen MR) is 97.8 cm³/mol. The average molecular weight is 330 g/mol. The van der Waals surface area contributed by atoms with Gasteiger partial charge in [-0.3, -0.25) is 0 Å². The van der Waals surface area contributed by atoms with Crippen LogP contribution < -0.4 is 0 Å². The van der Waals surface area contributed by atoms with Gasteiger partial charge in [0, 0.05) is 32.1 Å². The molecular weight excluding hydrogens is 292 g/mol. The average Bonchev–Trinajstić information content (AvgIpc) is 2.32. The highest BCUT2D eigenvalue weighted by Crippen LogP contribution is 2.45. The first kappa shape index (κ1) is 22.1. The minimum Gasteiger partial charge on any atom is -0.378 e. The van der Waals surface area contributed by atoms with Crippen LogP contribution in [-0.4, -0.2) is 24.4 Å². The van der Waals surface area contributed by atoms with Crippen LogP contribution >= 0.6 is 0 Å². The lowest BCUT2D eigenvalue weighted by Crippen LogP contribution is -2.35. The largest absolute Gasteiger partial charge is 0.378 e. The highest BCUT2D eigenvalue weighted by molar-refractivity contribution is 5.16. The molecule has 1 rings (SSSR count). The Morgan fingerprint density at radius 2 is 1.70 bits per heavy atom. The van der Waals surface area contributed by atoms with Crippen LogP contribution in [0.25, 0.3) is 0 Å². The van der Waals surface area contributed by atoms with Crippen LogP contribution in [0.2, 0.25) is 0 Å². The molecule has 0 aromatic carbocycles. The third kappa shape index (κ3) is 11.3. The number of halogens is 2. The first-order valence-electron chi connectivity index (χ1n) is 8.85. The molecule has 0 atom stereocenters. The van der Waals surface area contributed by atoms with E-state index in [0.717, 1.165) is 24.5 Å². The molecule has 0 aliphatic heterocycles. The maximum absolute atomic E-state index is 12.2. The summed E-state index contributed by atoms with van der Waals surface area (Å²) in [6, 6.07) is 0.